The van der Waals surface area contributed by atoms with E-state index in [-0.39, 0.29) is 18.1 Å². The van der Waals surface area contributed by atoms with Crippen LogP contribution in [0.5, 0.6) is 0 Å². The van der Waals surface area contributed by atoms with Crippen molar-refractivity contribution in [3.63, 3.8) is 0 Å². The van der Waals surface area contributed by atoms with Gasteiger partial charge in [0.1, 0.15) is 5.82 Å². The van der Waals surface area contributed by atoms with Crippen molar-refractivity contribution in [2.45, 2.75) is 6.92 Å². The van der Waals surface area contributed by atoms with Gasteiger partial charge in [0, 0.05) is 23.3 Å². The van der Waals surface area contributed by atoms with Crippen LogP contribution in [0.15, 0.2) is 24.3 Å². The molecule has 0 saturated carbocycles. The Morgan fingerprint density at radius 3 is 2.59 bits per heavy atom. The van der Waals surface area contributed by atoms with Gasteiger partial charge in [-0.2, -0.15) is 5.10 Å². The highest BCUT2D eigenvalue weighted by Crippen LogP contribution is 2.25. The van der Waals surface area contributed by atoms with Gasteiger partial charge >= 0.3 is 0 Å². The first-order valence-corrected chi connectivity index (χ1v) is 4.64. The monoisotopic (exact) mass is 254 g/mol. The number of hydrogen-bond acceptors (Lipinski definition) is 4. The molecule has 17 heavy (non-hydrogen) atoms. The van der Waals surface area contributed by atoms with E-state index in [1.54, 1.807) is 25.1 Å². The fraction of sp³-hybridized carbons (Fsp3) is 0.100. The van der Waals surface area contributed by atoms with Crippen molar-refractivity contribution < 1.29 is 4.92 Å². The van der Waals surface area contributed by atoms with E-state index in [2.05, 4.69) is 10.2 Å². The Morgan fingerprint density at radius 1 is 1.41 bits per heavy atom. The van der Waals surface area contributed by atoms with E-state index in [9.17, 15) is 10.1 Å². The van der Waals surface area contributed by atoms with Gasteiger partial charge in [0.2, 0.25) is 0 Å². The number of halogens is 1. The summed E-state index contributed by atoms with van der Waals surface area (Å²) in [5, 5.41) is 17.2. The lowest BCUT2D eigenvalue weighted by molar-refractivity contribution is -0.385. The standard InChI is InChI=1S/C10H10N4O2.ClH/c1-6-4-7(2-3-9(6)14(15)16)8-5-10(11)13-12-8;/h2-5H,1H3,(H3,11,12,13);1H. The molecule has 0 aliphatic rings. The number of aryl methyl sites for hydroxylation is 1. The van der Waals surface area contributed by atoms with E-state index in [0.29, 0.717) is 11.4 Å². The average molecular weight is 255 g/mol. The summed E-state index contributed by atoms with van der Waals surface area (Å²) in [6.45, 7) is 1.70. The second kappa shape index (κ2) is 4.84. The molecule has 1 aromatic carbocycles. The van der Waals surface area contributed by atoms with Crippen LogP contribution < -0.4 is 5.73 Å². The highest BCUT2D eigenvalue weighted by Gasteiger charge is 2.11. The molecule has 0 aliphatic heterocycles. The molecule has 0 aliphatic carbocycles. The third-order valence-corrected chi connectivity index (χ3v) is 2.30. The molecule has 0 saturated heterocycles. The zero-order valence-electron chi connectivity index (χ0n) is 9.01. The molecular weight excluding hydrogens is 244 g/mol. The van der Waals surface area contributed by atoms with Gasteiger partial charge in [-0.25, -0.2) is 0 Å². The molecule has 3 N–H and O–H groups in total. The van der Waals surface area contributed by atoms with Gasteiger partial charge in [-0.1, -0.05) is 0 Å². The molecule has 0 amide bonds. The SMILES string of the molecule is Cc1cc(-c2cc(N)n[nH]2)ccc1[N+](=O)[O-].Cl. The molecule has 0 bridgehead atoms. The largest absolute Gasteiger partial charge is 0.382 e. The number of aromatic nitrogens is 2. The van der Waals surface area contributed by atoms with Crippen LogP contribution in [0.2, 0.25) is 0 Å². The smallest absolute Gasteiger partial charge is 0.272 e. The number of hydrogen-bond donors (Lipinski definition) is 2. The average Bonchev–Trinajstić information content (AvgIpc) is 2.64. The zero-order valence-corrected chi connectivity index (χ0v) is 9.82. The summed E-state index contributed by atoms with van der Waals surface area (Å²) in [4.78, 5) is 10.2. The zero-order chi connectivity index (χ0) is 11.7. The highest BCUT2D eigenvalue weighted by atomic mass is 35.5. The lowest BCUT2D eigenvalue weighted by Gasteiger charge is -2.00. The molecule has 2 aromatic rings. The fourth-order valence-electron chi connectivity index (χ4n) is 1.51. The maximum atomic E-state index is 10.6. The predicted molar refractivity (Wildman–Crippen MR) is 67.1 cm³/mol. The lowest BCUT2D eigenvalue weighted by Crippen LogP contribution is -1.91. The van der Waals surface area contributed by atoms with Crippen molar-refractivity contribution in [3.05, 3.63) is 39.9 Å². The van der Waals surface area contributed by atoms with Crippen molar-refractivity contribution in [3.8, 4) is 11.3 Å². The van der Waals surface area contributed by atoms with Crippen LogP contribution in [0.1, 0.15) is 5.56 Å². The van der Waals surface area contributed by atoms with E-state index in [1.807, 2.05) is 0 Å². The van der Waals surface area contributed by atoms with Crippen LogP contribution in [-0.2, 0) is 0 Å². The molecule has 2 rings (SSSR count). The van der Waals surface area contributed by atoms with Crippen molar-refractivity contribution >= 4 is 23.9 Å². The Balaban J connectivity index is 0.00000144. The molecule has 0 fully saturated rings. The van der Waals surface area contributed by atoms with Crippen LogP contribution in [-0.4, -0.2) is 15.1 Å². The van der Waals surface area contributed by atoms with Crippen LogP contribution in [0.25, 0.3) is 11.3 Å². The third-order valence-electron chi connectivity index (χ3n) is 2.30. The second-order valence-electron chi connectivity index (χ2n) is 3.46. The summed E-state index contributed by atoms with van der Waals surface area (Å²) in [7, 11) is 0. The first-order valence-electron chi connectivity index (χ1n) is 4.64. The van der Waals surface area contributed by atoms with E-state index < -0.39 is 4.92 Å². The number of anilines is 1. The van der Waals surface area contributed by atoms with Crippen molar-refractivity contribution in [2.24, 2.45) is 0 Å². The molecule has 0 atom stereocenters. The molecule has 6 nitrogen and oxygen atoms in total. The number of nitrogens with one attached hydrogen (secondary N) is 1. The Morgan fingerprint density at radius 2 is 2.12 bits per heavy atom. The first kappa shape index (κ1) is 13.0. The quantitative estimate of drug-likeness (QED) is 0.635. The molecule has 1 aromatic heterocycles. The highest BCUT2D eigenvalue weighted by molar-refractivity contribution is 5.85. The minimum Gasteiger partial charge on any atom is -0.382 e. The summed E-state index contributed by atoms with van der Waals surface area (Å²) >= 11 is 0. The number of nitro benzene ring substituents is 1. The minimum atomic E-state index is -0.402. The van der Waals surface area contributed by atoms with Crippen LogP contribution in [0.3, 0.4) is 0 Å². The fourth-order valence-corrected chi connectivity index (χ4v) is 1.51. The van der Waals surface area contributed by atoms with Crippen LogP contribution >= 0.6 is 12.4 Å². The summed E-state index contributed by atoms with van der Waals surface area (Å²) in [5.41, 5.74) is 7.77. The summed E-state index contributed by atoms with van der Waals surface area (Å²) < 4.78 is 0. The second-order valence-corrected chi connectivity index (χ2v) is 3.46. The number of aromatic amines is 1. The number of nitrogen functional groups attached to an aromatic ring is 1. The molecule has 1 heterocycles. The maximum absolute atomic E-state index is 10.6. The van der Waals surface area contributed by atoms with Crippen molar-refractivity contribution in [2.75, 3.05) is 5.73 Å². The van der Waals surface area contributed by atoms with Crippen molar-refractivity contribution in [1.29, 1.82) is 0 Å². The number of rotatable bonds is 2. The van der Waals surface area contributed by atoms with Crippen LogP contribution in [0.4, 0.5) is 11.5 Å². The lowest BCUT2D eigenvalue weighted by atomic mass is 10.1. The van der Waals surface area contributed by atoms with Gasteiger partial charge in [-0.15, -0.1) is 12.4 Å². The molecule has 0 radical (unpaired) electrons. The van der Waals surface area contributed by atoms with Crippen molar-refractivity contribution in [1.82, 2.24) is 10.2 Å². The number of nitrogens with zero attached hydrogens (tertiary/aromatic N) is 2. The van der Waals surface area contributed by atoms with Gasteiger partial charge in [0.25, 0.3) is 5.69 Å². The summed E-state index contributed by atoms with van der Waals surface area (Å²) in [6, 6.07) is 6.55. The molecule has 90 valence electrons. The van der Waals surface area contributed by atoms with Crippen LogP contribution in [0, 0.1) is 17.0 Å². The summed E-state index contributed by atoms with van der Waals surface area (Å²) in [6.07, 6.45) is 0. The van der Waals surface area contributed by atoms with Gasteiger partial charge in [0.05, 0.1) is 10.6 Å². The Kier molecular flexibility index (Phi) is 3.69. The Labute approximate surface area is 103 Å². The minimum absolute atomic E-state index is 0. The molecular formula is C10H11ClN4O2. The third kappa shape index (κ3) is 2.54. The number of nitro groups is 1. The van der Waals surface area contributed by atoms with E-state index in [4.69, 9.17) is 5.73 Å². The predicted octanol–water partition coefficient (Wildman–Crippen LogP) is 2.30. The number of nitrogens with two attached hydrogens (primary N) is 1. The Bertz CT molecular complexity index is 553. The summed E-state index contributed by atoms with van der Waals surface area (Å²) in [5.74, 6) is 0.394. The van der Waals surface area contributed by atoms with E-state index in [0.717, 1.165) is 11.3 Å². The normalized spacial score (nSPS) is 9.71. The van der Waals surface area contributed by atoms with Gasteiger partial charge in [-0.3, -0.25) is 15.2 Å². The van der Waals surface area contributed by atoms with Gasteiger partial charge in [0.15, 0.2) is 0 Å². The maximum Gasteiger partial charge on any atom is 0.272 e. The molecule has 0 spiro atoms. The van der Waals surface area contributed by atoms with E-state index in [1.165, 1.54) is 6.07 Å². The van der Waals surface area contributed by atoms with Gasteiger partial charge in [-0.05, 0) is 19.1 Å². The first-order chi connectivity index (χ1) is 7.58. The van der Waals surface area contributed by atoms with Gasteiger partial charge < -0.3 is 5.73 Å². The topological polar surface area (TPSA) is 97.8 Å². The number of benzene rings is 1. The number of H-pyrrole nitrogens is 1. The van der Waals surface area contributed by atoms with E-state index >= 15 is 0 Å². The molecule has 7 heteroatoms. The molecule has 0 unspecified atom stereocenters. The Hall–Kier alpha value is -2.08.